The van der Waals surface area contributed by atoms with Crippen LogP contribution in [0.5, 0.6) is 0 Å². The van der Waals surface area contributed by atoms with E-state index in [4.69, 9.17) is 5.73 Å². The van der Waals surface area contributed by atoms with Crippen LogP contribution in [0.2, 0.25) is 0 Å². The fourth-order valence-electron chi connectivity index (χ4n) is 3.06. The van der Waals surface area contributed by atoms with E-state index in [2.05, 4.69) is 5.32 Å². The largest absolute Gasteiger partial charge is 0.396 e. The van der Waals surface area contributed by atoms with Gasteiger partial charge in [-0.1, -0.05) is 42.7 Å². The van der Waals surface area contributed by atoms with Crippen LogP contribution >= 0.6 is 0 Å². The molecule has 2 rings (SSSR count). The first-order chi connectivity index (χ1) is 10.1. The second-order valence-corrected chi connectivity index (χ2v) is 6.12. The minimum Gasteiger partial charge on any atom is -0.396 e. The minimum absolute atomic E-state index is 0.138. The van der Waals surface area contributed by atoms with Crippen LogP contribution in [0.25, 0.3) is 0 Å². The van der Waals surface area contributed by atoms with Gasteiger partial charge in [-0.3, -0.25) is 4.79 Å². The number of hydrogen-bond acceptors (Lipinski definition) is 3. The highest BCUT2D eigenvalue weighted by Crippen LogP contribution is 2.29. The second-order valence-electron chi connectivity index (χ2n) is 6.12. The smallest absolute Gasteiger partial charge is 0.241 e. The molecule has 1 aliphatic rings. The summed E-state index contributed by atoms with van der Waals surface area (Å²) in [4.78, 5) is 12.2. The summed E-state index contributed by atoms with van der Waals surface area (Å²) in [6.07, 6.45) is 4.49. The molecule has 0 aromatic heterocycles. The van der Waals surface area contributed by atoms with Crippen molar-refractivity contribution in [3.63, 3.8) is 0 Å². The Morgan fingerprint density at radius 3 is 2.52 bits per heavy atom. The minimum atomic E-state index is -0.623. The van der Waals surface area contributed by atoms with Crippen LogP contribution in [0.15, 0.2) is 24.3 Å². The van der Waals surface area contributed by atoms with Gasteiger partial charge < -0.3 is 16.2 Å². The van der Waals surface area contributed by atoms with Crippen LogP contribution in [0.4, 0.5) is 0 Å². The molecule has 4 N–H and O–H groups in total. The molecule has 1 amide bonds. The third-order valence-electron chi connectivity index (χ3n) is 4.56. The highest BCUT2D eigenvalue weighted by atomic mass is 16.3. The molecule has 4 heteroatoms. The van der Waals surface area contributed by atoms with Gasteiger partial charge in [-0.15, -0.1) is 0 Å². The molecule has 1 aromatic carbocycles. The fraction of sp³-hybridized carbons (Fsp3) is 0.588. The molecule has 0 aliphatic heterocycles. The molecule has 0 spiro atoms. The Balaban J connectivity index is 1.87. The van der Waals surface area contributed by atoms with Gasteiger partial charge in [0.15, 0.2) is 0 Å². The maximum absolute atomic E-state index is 12.2. The molecular weight excluding hydrogens is 264 g/mol. The van der Waals surface area contributed by atoms with Crippen molar-refractivity contribution < 1.29 is 9.90 Å². The Bertz CT molecular complexity index is 458. The van der Waals surface area contributed by atoms with Crippen LogP contribution < -0.4 is 11.1 Å². The van der Waals surface area contributed by atoms with E-state index in [9.17, 15) is 9.90 Å². The summed E-state index contributed by atoms with van der Waals surface area (Å²) in [5.74, 6) is 0.550. The maximum atomic E-state index is 12.2. The van der Waals surface area contributed by atoms with Gasteiger partial charge in [-0.2, -0.15) is 0 Å². The standard InChI is InChI=1S/C17H26N2O2/c1-12-6-8-13(9-7-12)16(18)17(21)19-10-14-4-2-3-5-15(14)11-20/h6-9,14-16,20H,2-5,10-11,18H2,1H3,(H,19,21). The number of nitrogens with one attached hydrogen (secondary N) is 1. The van der Waals surface area contributed by atoms with Crippen molar-refractivity contribution >= 4 is 5.91 Å². The van der Waals surface area contributed by atoms with Gasteiger partial charge in [0.2, 0.25) is 5.91 Å². The van der Waals surface area contributed by atoms with Crippen molar-refractivity contribution in [3.05, 3.63) is 35.4 Å². The zero-order valence-corrected chi connectivity index (χ0v) is 12.7. The molecule has 1 fully saturated rings. The predicted molar refractivity (Wildman–Crippen MR) is 83.7 cm³/mol. The summed E-state index contributed by atoms with van der Waals surface area (Å²) in [5, 5.41) is 12.4. The Kier molecular flexibility index (Phi) is 5.76. The summed E-state index contributed by atoms with van der Waals surface area (Å²) in [6.45, 7) is 2.83. The molecule has 0 bridgehead atoms. The quantitative estimate of drug-likeness (QED) is 0.775. The first kappa shape index (κ1) is 16.0. The van der Waals surface area contributed by atoms with Crippen LogP contribution in [-0.4, -0.2) is 24.2 Å². The summed E-state index contributed by atoms with van der Waals surface area (Å²) >= 11 is 0. The third-order valence-corrected chi connectivity index (χ3v) is 4.56. The van der Waals surface area contributed by atoms with E-state index in [1.54, 1.807) is 0 Å². The van der Waals surface area contributed by atoms with Crippen molar-refractivity contribution in [1.29, 1.82) is 0 Å². The summed E-state index contributed by atoms with van der Waals surface area (Å²) in [7, 11) is 0. The molecule has 3 unspecified atom stereocenters. The molecule has 0 saturated heterocycles. The lowest BCUT2D eigenvalue weighted by molar-refractivity contribution is -0.122. The van der Waals surface area contributed by atoms with Crippen molar-refractivity contribution in [3.8, 4) is 0 Å². The predicted octanol–water partition coefficient (Wildman–Crippen LogP) is 1.91. The van der Waals surface area contributed by atoms with Gasteiger partial charge in [0.1, 0.15) is 6.04 Å². The Hall–Kier alpha value is -1.39. The van der Waals surface area contributed by atoms with Crippen molar-refractivity contribution in [1.82, 2.24) is 5.32 Å². The van der Waals surface area contributed by atoms with E-state index < -0.39 is 6.04 Å². The van der Waals surface area contributed by atoms with Crippen molar-refractivity contribution in [2.45, 2.75) is 38.6 Å². The van der Waals surface area contributed by atoms with E-state index in [1.807, 2.05) is 31.2 Å². The second kappa shape index (κ2) is 7.57. The van der Waals surface area contributed by atoms with E-state index in [0.29, 0.717) is 18.4 Å². The fourth-order valence-corrected chi connectivity index (χ4v) is 3.06. The zero-order chi connectivity index (χ0) is 15.2. The van der Waals surface area contributed by atoms with E-state index in [1.165, 1.54) is 12.8 Å². The average Bonchev–Trinajstić information content (AvgIpc) is 2.52. The number of rotatable bonds is 5. The van der Waals surface area contributed by atoms with Gasteiger partial charge >= 0.3 is 0 Å². The number of aryl methyl sites for hydroxylation is 1. The average molecular weight is 290 g/mol. The van der Waals surface area contributed by atoms with Crippen LogP contribution in [-0.2, 0) is 4.79 Å². The molecule has 0 radical (unpaired) electrons. The molecule has 0 heterocycles. The molecule has 3 atom stereocenters. The number of amides is 1. The molecule has 4 nitrogen and oxygen atoms in total. The third kappa shape index (κ3) is 4.29. The number of nitrogens with two attached hydrogens (primary N) is 1. The number of carbonyl (C=O) groups is 1. The van der Waals surface area contributed by atoms with Gasteiger partial charge in [-0.25, -0.2) is 0 Å². The Morgan fingerprint density at radius 1 is 1.29 bits per heavy atom. The van der Waals surface area contributed by atoms with Crippen molar-refractivity contribution in [2.24, 2.45) is 17.6 Å². The van der Waals surface area contributed by atoms with Gasteiger partial charge in [0.05, 0.1) is 0 Å². The molecule has 1 aromatic rings. The summed E-state index contributed by atoms with van der Waals surface area (Å²) in [6, 6.07) is 7.10. The lowest BCUT2D eigenvalue weighted by Crippen LogP contribution is -2.39. The number of benzene rings is 1. The van der Waals surface area contributed by atoms with Crippen molar-refractivity contribution in [2.75, 3.05) is 13.2 Å². The maximum Gasteiger partial charge on any atom is 0.241 e. The van der Waals surface area contributed by atoms with Gasteiger partial charge in [0.25, 0.3) is 0 Å². The highest BCUT2D eigenvalue weighted by molar-refractivity contribution is 5.82. The lowest BCUT2D eigenvalue weighted by Gasteiger charge is -2.30. The van der Waals surface area contributed by atoms with E-state index in [0.717, 1.165) is 24.0 Å². The summed E-state index contributed by atoms with van der Waals surface area (Å²) < 4.78 is 0. The SMILES string of the molecule is Cc1ccc(C(N)C(=O)NCC2CCCCC2CO)cc1. The number of aliphatic hydroxyl groups excluding tert-OH is 1. The summed E-state index contributed by atoms with van der Waals surface area (Å²) in [5.41, 5.74) is 8.00. The highest BCUT2D eigenvalue weighted by Gasteiger charge is 2.25. The van der Waals surface area contributed by atoms with E-state index >= 15 is 0 Å². The first-order valence-corrected chi connectivity index (χ1v) is 7.82. The first-order valence-electron chi connectivity index (χ1n) is 7.82. The van der Waals surface area contributed by atoms with E-state index in [-0.39, 0.29) is 12.5 Å². The Labute approximate surface area is 126 Å². The van der Waals surface area contributed by atoms with Gasteiger partial charge in [0, 0.05) is 13.2 Å². The number of hydrogen-bond donors (Lipinski definition) is 3. The molecule has 116 valence electrons. The lowest BCUT2D eigenvalue weighted by atomic mass is 9.79. The Morgan fingerprint density at radius 2 is 1.90 bits per heavy atom. The van der Waals surface area contributed by atoms with Gasteiger partial charge in [-0.05, 0) is 37.2 Å². The van der Waals surface area contributed by atoms with Crippen LogP contribution in [0, 0.1) is 18.8 Å². The normalized spacial score (nSPS) is 23.6. The number of carbonyl (C=O) groups excluding carboxylic acids is 1. The molecular formula is C17H26N2O2. The monoisotopic (exact) mass is 290 g/mol. The van der Waals surface area contributed by atoms with Crippen LogP contribution in [0.3, 0.4) is 0 Å². The molecule has 1 aliphatic carbocycles. The number of aliphatic hydroxyl groups is 1. The topological polar surface area (TPSA) is 75.4 Å². The zero-order valence-electron chi connectivity index (χ0n) is 12.7. The van der Waals surface area contributed by atoms with Crippen LogP contribution in [0.1, 0.15) is 42.9 Å². The molecule has 21 heavy (non-hydrogen) atoms. The molecule has 1 saturated carbocycles.